The van der Waals surface area contributed by atoms with E-state index in [2.05, 4.69) is 5.32 Å². The number of amides is 2. The van der Waals surface area contributed by atoms with E-state index in [0.717, 1.165) is 47.5 Å². The van der Waals surface area contributed by atoms with Crippen LogP contribution in [0.3, 0.4) is 0 Å². The zero-order chi connectivity index (χ0) is 31.0. The maximum atomic E-state index is 14.2. The van der Waals surface area contributed by atoms with Crippen LogP contribution in [0, 0.1) is 6.92 Å². The van der Waals surface area contributed by atoms with Gasteiger partial charge in [-0.05, 0) is 80.3 Å². The third-order valence-corrected chi connectivity index (χ3v) is 9.89. The van der Waals surface area contributed by atoms with Gasteiger partial charge in [0.15, 0.2) is 0 Å². The molecule has 43 heavy (non-hydrogen) atoms. The Hall–Kier alpha value is -3.56. The number of hydrogen-bond donors (Lipinski definition) is 1. The van der Waals surface area contributed by atoms with Crippen LogP contribution in [-0.2, 0) is 26.2 Å². The van der Waals surface area contributed by atoms with Gasteiger partial charge in [0, 0.05) is 17.6 Å². The minimum Gasteiger partial charge on any atom is -0.497 e. The molecule has 0 aromatic heterocycles. The van der Waals surface area contributed by atoms with E-state index in [-0.39, 0.29) is 23.4 Å². The van der Waals surface area contributed by atoms with Crippen molar-refractivity contribution in [3.8, 4) is 5.75 Å². The molecular formula is C33H40ClN3O5S. The fourth-order valence-electron chi connectivity index (χ4n) is 5.36. The van der Waals surface area contributed by atoms with Crippen LogP contribution in [0.2, 0.25) is 5.02 Å². The van der Waals surface area contributed by atoms with Crippen LogP contribution in [0.1, 0.15) is 56.6 Å². The molecule has 1 N–H and O–H groups in total. The zero-order valence-corrected chi connectivity index (χ0v) is 26.5. The topological polar surface area (TPSA) is 96.0 Å². The van der Waals surface area contributed by atoms with E-state index in [1.54, 1.807) is 55.6 Å². The van der Waals surface area contributed by atoms with Crippen LogP contribution in [0.5, 0.6) is 5.75 Å². The average Bonchev–Trinajstić information content (AvgIpc) is 3.01. The van der Waals surface area contributed by atoms with Crippen molar-refractivity contribution < 1.29 is 22.7 Å². The normalized spacial score (nSPS) is 14.5. The number of aryl methyl sites for hydroxylation is 1. The first-order valence-corrected chi connectivity index (χ1v) is 16.5. The second-order valence-corrected chi connectivity index (χ2v) is 13.2. The molecule has 3 aromatic carbocycles. The molecule has 1 aliphatic rings. The number of carbonyl (C=O) groups excluding carboxylic acids is 2. The Balaban J connectivity index is 1.70. The van der Waals surface area contributed by atoms with E-state index >= 15 is 0 Å². The molecule has 1 saturated carbocycles. The van der Waals surface area contributed by atoms with Gasteiger partial charge in [0.1, 0.15) is 18.3 Å². The number of halogens is 1. The van der Waals surface area contributed by atoms with E-state index < -0.39 is 28.5 Å². The predicted molar refractivity (Wildman–Crippen MR) is 170 cm³/mol. The Bertz CT molecular complexity index is 1470. The first-order chi connectivity index (χ1) is 20.6. The lowest BCUT2D eigenvalue weighted by Gasteiger charge is -2.34. The van der Waals surface area contributed by atoms with Gasteiger partial charge in [-0.2, -0.15) is 0 Å². The summed E-state index contributed by atoms with van der Waals surface area (Å²) in [7, 11) is -2.57. The number of hydrogen-bond acceptors (Lipinski definition) is 5. The summed E-state index contributed by atoms with van der Waals surface area (Å²) in [6.07, 6.45) is 5.46. The van der Waals surface area contributed by atoms with Crippen LogP contribution >= 0.6 is 11.6 Å². The number of methoxy groups -OCH3 is 1. The molecule has 0 aliphatic heterocycles. The number of rotatable bonds is 12. The number of nitrogens with zero attached hydrogens (tertiary/aromatic N) is 2. The molecule has 8 nitrogen and oxygen atoms in total. The molecule has 0 saturated heterocycles. The minimum atomic E-state index is -4.14. The molecular weight excluding hydrogens is 586 g/mol. The number of benzene rings is 3. The summed E-state index contributed by atoms with van der Waals surface area (Å²) in [5.74, 6) is -0.0513. The van der Waals surface area contributed by atoms with Crippen LogP contribution in [0.25, 0.3) is 0 Å². The van der Waals surface area contributed by atoms with Gasteiger partial charge in [-0.1, -0.05) is 67.6 Å². The molecule has 0 bridgehead atoms. The fraction of sp³-hybridized carbons (Fsp3) is 0.394. The van der Waals surface area contributed by atoms with E-state index in [1.165, 1.54) is 17.0 Å². The van der Waals surface area contributed by atoms with Gasteiger partial charge in [0.25, 0.3) is 10.0 Å². The monoisotopic (exact) mass is 625 g/mol. The molecule has 0 heterocycles. The summed E-state index contributed by atoms with van der Waals surface area (Å²) in [4.78, 5) is 29.4. The SMILES string of the molecule is CC[C@H](C(=O)NC1CCCCC1)N(Cc1ccc(OC)cc1)C(=O)CN(c1ccc(Cl)cc1)S(=O)(=O)c1ccc(C)cc1. The third-order valence-electron chi connectivity index (χ3n) is 7.85. The van der Waals surface area contributed by atoms with E-state index in [4.69, 9.17) is 16.3 Å². The van der Waals surface area contributed by atoms with Crippen LogP contribution in [0.4, 0.5) is 5.69 Å². The highest BCUT2D eigenvalue weighted by molar-refractivity contribution is 7.92. The summed E-state index contributed by atoms with van der Waals surface area (Å²) in [6, 6.07) is 19.3. The molecule has 1 fully saturated rings. The number of sulfonamides is 1. The smallest absolute Gasteiger partial charge is 0.264 e. The maximum absolute atomic E-state index is 14.2. The average molecular weight is 626 g/mol. The second kappa shape index (κ2) is 14.8. The second-order valence-electron chi connectivity index (χ2n) is 10.9. The zero-order valence-electron chi connectivity index (χ0n) is 25.0. The summed E-state index contributed by atoms with van der Waals surface area (Å²) < 4.78 is 34.3. The lowest BCUT2D eigenvalue weighted by molar-refractivity contribution is -0.140. The lowest BCUT2D eigenvalue weighted by Crippen LogP contribution is -2.54. The first-order valence-electron chi connectivity index (χ1n) is 14.7. The highest BCUT2D eigenvalue weighted by Crippen LogP contribution is 2.27. The predicted octanol–water partition coefficient (Wildman–Crippen LogP) is 6.11. The Labute approximate surface area is 260 Å². The first kappa shape index (κ1) is 32.4. The van der Waals surface area contributed by atoms with E-state index in [9.17, 15) is 18.0 Å². The van der Waals surface area contributed by atoms with Crippen molar-refractivity contribution in [2.45, 2.75) is 75.9 Å². The van der Waals surface area contributed by atoms with Gasteiger partial charge < -0.3 is 15.0 Å². The van der Waals surface area contributed by atoms with Gasteiger partial charge >= 0.3 is 0 Å². The molecule has 3 aromatic rings. The van der Waals surface area contributed by atoms with Crippen molar-refractivity contribution in [1.29, 1.82) is 0 Å². The lowest BCUT2D eigenvalue weighted by atomic mass is 9.95. The van der Waals surface area contributed by atoms with Crippen molar-refractivity contribution in [3.05, 3.63) is 88.9 Å². The molecule has 10 heteroatoms. The number of anilines is 1. The Morgan fingerprint density at radius 3 is 2.16 bits per heavy atom. The third kappa shape index (κ3) is 8.30. The van der Waals surface area contributed by atoms with Crippen molar-refractivity contribution in [2.75, 3.05) is 18.0 Å². The standard InChI is InChI=1S/C33H40ClN3O5S/c1-4-31(33(39)35-27-8-6-5-7-9-27)36(22-25-12-18-29(42-3)19-13-25)32(38)23-37(28-16-14-26(34)15-17-28)43(40,41)30-20-10-24(2)11-21-30/h10-21,27,31H,4-9,22-23H2,1-3H3,(H,35,39)/t31-/m1/s1. The molecule has 230 valence electrons. The van der Waals surface area contributed by atoms with Gasteiger partial charge in [-0.25, -0.2) is 8.42 Å². The van der Waals surface area contributed by atoms with Gasteiger partial charge in [0.05, 0.1) is 17.7 Å². The molecule has 1 aliphatic carbocycles. The summed E-state index contributed by atoms with van der Waals surface area (Å²) in [5.41, 5.74) is 1.99. The molecule has 4 rings (SSSR count). The van der Waals surface area contributed by atoms with Crippen molar-refractivity contribution in [3.63, 3.8) is 0 Å². The van der Waals surface area contributed by atoms with Gasteiger partial charge in [-0.15, -0.1) is 0 Å². The molecule has 0 radical (unpaired) electrons. The summed E-state index contributed by atoms with van der Waals surface area (Å²) in [5, 5.41) is 3.60. The molecule has 1 atom stereocenters. The Kier molecular flexibility index (Phi) is 11.1. The number of carbonyl (C=O) groups is 2. The maximum Gasteiger partial charge on any atom is 0.264 e. The minimum absolute atomic E-state index is 0.0598. The van der Waals surface area contributed by atoms with Crippen molar-refractivity contribution in [1.82, 2.24) is 10.2 Å². The number of ether oxygens (including phenoxy) is 1. The van der Waals surface area contributed by atoms with Crippen LogP contribution in [0.15, 0.2) is 77.7 Å². The van der Waals surface area contributed by atoms with Crippen molar-refractivity contribution >= 4 is 39.1 Å². The highest BCUT2D eigenvalue weighted by atomic mass is 35.5. The quantitative estimate of drug-likeness (QED) is 0.262. The fourth-order valence-corrected chi connectivity index (χ4v) is 6.91. The Morgan fingerprint density at radius 2 is 1.58 bits per heavy atom. The summed E-state index contributed by atoms with van der Waals surface area (Å²) >= 11 is 6.11. The Morgan fingerprint density at radius 1 is 0.953 bits per heavy atom. The van der Waals surface area contributed by atoms with Gasteiger partial charge in [0.2, 0.25) is 11.8 Å². The largest absolute Gasteiger partial charge is 0.497 e. The summed E-state index contributed by atoms with van der Waals surface area (Å²) in [6.45, 7) is 3.36. The molecule has 0 unspecified atom stereocenters. The van der Waals surface area contributed by atoms with Crippen LogP contribution < -0.4 is 14.4 Å². The molecule has 0 spiro atoms. The van der Waals surface area contributed by atoms with Crippen molar-refractivity contribution in [2.24, 2.45) is 0 Å². The van der Waals surface area contributed by atoms with Gasteiger partial charge in [-0.3, -0.25) is 13.9 Å². The van der Waals surface area contributed by atoms with Crippen LogP contribution in [-0.4, -0.2) is 50.9 Å². The highest BCUT2D eigenvalue weighted by Gasteiger charge is 2.34. The van der Waals surface area contributed by atoms with E-state index in [1.807, 2.05) is 26.0 Å². The number of nitrogens with one attached hydrogen (secondary N) is 1. The molecule has 2 amide bonds. The van der Waals surface area contributed by atoms with E-state index in [0.29, 0.717) is 22.9 Å².